The van der Waals surface area contributed by atoms with E-state index < -0.39 is 53.8 Å². The van der Waals surface area contributed by atoms with Crippen molar-refractivity contribution in [2.45, 2.75) is 56.8 Å². The fourth-order valence-electron chi connectivity index (χ4n) is 1.91. The summed E-state index contributed by atoms with van der Waals surface area (Å²) in [5, 5.41) is 22.7. The van der Waals surface area contributed by atoms with Crippen molar-refractivity contribution < 1.29 is 34.2 Å². The Morgan fingerprint density at radius 2 is 1.42 bits per heavy atom. The summed E-state index contributed by atoms with van der Waals surface area (Å²) in [6.45, 7) is 1.16. The maximum absolute atomic E-state index is 12.2. The molecule has 10 N–H and O–H groups in total. The van der Waals surface area contributed by atoms with Gasteiger partial charge in [-0.1, -0.05) is 0 Å². The highest BCUT2D eigenvalue weighted by molar-refractivity contribution is 5.92. The van der Waals surface area contributed by atoms with Crippen LogP contribution in [0.3, 0.4) is 0 Å². The van der Waals surface area contributed by atoms with Gasteiger partial charge in [-0.25, -0.2) is 4.79 Å². The highest BCUT2D eigenvalue weighted by Crippen LogP contribution is 2.03. The average molecular weight is 375 g/mol. The molecule has 26 heavy (non-hydrogen) atoms. The summed E-state index contributed by atoms with van der Waals surface area (Å²) >= 11 is 0. The van der Waals surface area contributed by atoms with Crippen LogP contribution in [0.2, 0.25) is 0 Å². The molecule has 148 valence electrons. The van der Waals surface area contributed by atoms with Crippen LogP contribution in [0.25, 0.3) is 0 Å². The van der Waals surface area contributed by atoms with E-state index in [2.05, 4.69) is 10.6 Å². The summed E-state index contributed by atoms with van der Waals surface area (Å²) in [5.74, 6) is -4.60. The zero-order valence-corrected chi connectivity index (χ0v) is 14.3. The number of carbonyl (C=O) groups excluding carboxylic acids is 4. The molecule has 0 saturated heterocycles. The molecular weight excluding hydrogens is 350 g/mol. The molecule has 0 rings (SSSR count). The van der Waals surface area contributed by atoms with E-state index in [9.17, 15) is 29.1 Å². The van der Waals surface area contributed by atoms with Crippen LogP contribution in [0.1, 0.15) is 32.6 Å². The Bertz CT molecular complexity index is 552. The Labute approximate surface area is 149 Å². The van der Waals surface area contributed by atoms with Crippen molar-refractivity contribution >= 4 is 29.6 Å². The van der Waals surface area contributed by atoms with Crippen LogP contribution in [-0.4, -0.2) is 64.0 Å². The molecule has 0 aromatic carbocycles. The Kier molecular flexibility index (Phi) is 9.84. The van der Waals surface area contributed by atoms with Crippen LogP contribution in [-0.2, 0) is 24.0 Å². The van der Waals surface area contributed by atoms with E-state index in [-0.39, 0.29) is 25.7 Å². The van der Waals surface area contributed by atoms with E-state index in [1.54, 1.807) is 0 Å². The molecule has 0 aliphatic rings. The third-order valence-electron chi connectivity index (χ3n) is 3.40. The Morgan fingerprint density at radius 3 is 1.85 bits per heavy atom. The second-order valence-corrected chi connectivity index (χ2v) is 5.74. The molecule has 4 atom stereocenters. The highest BCUT2D eigenvalue weighted by atomic mass is 16.4. The number of aliphatic carboxylic acids is 1. The monoisotopic (exact) mass is 375 g/mol. The Morgan fingerprint density at radius 1 is 0.923 bits per heavy atom. The van der Waals surface area contributed by atoms with Gasteiger partial charge in [0.05, 0.1) is 12.1 Å². The van der Waals surface area contributed by atoms with E-state index in [1.807, 2.05) is 0 Å². The van der Waals surface area contributed by atoms with Crippen LogP contribution in [0.5, 0.6) is 0 Å². The van der Waals surface area contributed by atoms with E-state index in [4.69, 9.17) is 22.3 Å². The summed E-state index contributed by atoms with van der Waals surface area (Å²) < 4.78 is 0. The molecule has 4 unspecified atom stereocenters. The molecule has 4 amide bonds. The lowest BCUT2D eigenvalue weighted by Gasteiger charge is -2.23. The van der Waals surface area contributed by atoms with Crippen molar-refractivity contribution in [3.05, 3.63) is 0 Å². The normalized spacial score (nSPS) is 15.2. The maximum Gasteiger partial charge on any atom is 0.328 e. The van der Waals surface area contributed by atoms with Gasteiger partial charge < -0.3 is 38.0 Å². The standard InChI is InChI=1S/C14H25N5O7/c1-6(20)11(14(25)26)19-13(24)8(3-5-10(17)22)18-12(23)7(15)2-4-9(16)21/h6-8,11,20H,2-5,15H2,1H3,(H2,16,21)(H2,17,22)(H,18,23)(H,19,24)(H,25,26). The molecule has 12 heteroatoms. The summed E-state index contributed by atoms with van der Waals surface area (Å²) in [7, 11) is 0. The third-order valence-corrected chi connectivity index (χ3v) is 3.40. The van der Waals surface area contributed by atoms with Crippen LogP contribution in [0.15, 0.2) is 0 Å². The van der Waals surface area contributed by atoms with Gasteiger partial charge in [0.15, 0.2) is 6.04 Å². The molecule has 0 aromatic heterocycles. The zero-order chi connectivity index (χ0) is 20.4. The van der Waals surface area contributed by atoms with E-state index in [1.165, 1.54) is 0 Å². The molecule has 0 heterocycles. The first-order valence-electron chi connectivity index (χ1n) is 7.79. The van der Waals surface area contributed by atoms with Gasteiger partial charge in [-0.05, 0) is 19.8 Å². The molecule has 0 bridgehead atoms. The number of carboxylic acid groups (broad SMARTS) is 1. The smallest absolute Gasteiger partial charge is 0.328 e. The largest absolute Gasteiger partial charge is 0.480 e. The van der Waals surface area contributed by atoms with Crippen molar-refractivity contribution in [1.29, 1.82) is 0 Å². The molecule has 0 aromatic rings. The number of aliphatic hydroxyl groups excluding tert-OH is 1. The van der Waals surface area contributed by atoms with Gasteiger partial charge in [0.1, 0.15) is 6.04 Å². The minimum Gasteiger partial charge on any atom is -0.480 e. The van der Waals surface area contributed by atoms with Gasteiger partial charge >= 0.3 is 5.97 Å². The topological polar surface area (TPSA) is 228 Å². The lowest BCUT2D eigenvalue weighted by atomic mass is 10.1. The van der Waals surface area contributed by atoms with Gasteiger partial charge in [0, 0.05) is 12.8 Å². The van der Waals surface area contributed by atoms with Crippen molar-refractivity contribution in [2.75, 3.05) is 0 Å². The lowest BCUT2D eigenvalue weighted by Crippen LogP contribution is -2.56. The number of rotatable bonds is 12. The van der Waals surface area contributed by atoms with E-state index in [0.717, 1.165) is 6.92 Å². The number of carbonyl (C=O) groups is 5. The lowest BCUT2D eigenvalue weighted by molar-refractivity contribution is -0.145. The predicted molar refractivity (Wildman–Crippen MR) is 88.0 cm³/mol. The first-order valence-corrected chi connectivity index (χ1v) is 7.79. The number of carboxylic acids is 1. The molecule has 12 nitrogen and oxygen atoms in total. The number of aliphatic hydroxyl groups is 1. The number of hydrogen-bond acceptors (Lipinski definition) is 7. The van der Waals surface area contributed by atoms with Crippen LogP contribution in [0.4, 0.5) is 0 Å². The van der Waals surface area contributed by atoms with Gasteiger partial charge in [0.2, 0.25) is 23.6 Å². The Balaban J connectivity index is 5.05. The van der Waals surface area contributed by atoms with Crippen molar-refractivity contribution in [3.63, 3.8) is 0 Å². The average Bonchev–Trinajstić information content (AvgIpc) is 2.52. The molecule has 0 saturated carbocycles. The molecule has 0 aliphatic heterocycles. The van der Waals surface area contributed by atoms with Gasteiger partial charge in [-0.3, -0.25) is 19.2 Å². The Hall–Kier alpha value is -2.73. The summed E-state index contributed by atoms with van der Waals surface area (Å²) in [6, 6.07) is -4.06. The van der Waals surface area contributed by atoms with Gasteiger partial charge in [-0.2, -0.15) is 0 Å². The maximum atomic E-state index is 12.2. The highest BCUT2D eigenvalue weighted by Gasteiger charge is 2.30. The first-order chi connectivity index (χ1) is 12.0. The van der Waals surface area contributed by atoms with Crippen molar-refractivity contribution in [1.82, 2.24) is 10.6 Å². The number of nitrogens with one attached hydrogen (secondary N) is 2. The van der Waals surface area contributed by atoms with Crippen molar-refractivity contribution in [3.8, 4) is 0 Å². The molecule has 0 aliphatic carbocycles. The minimum atomic E-state index is -1.61. The fraction of sp³-hybridized carbons (Fsp3) is 0.643. The fourth-order valence-corrected chi connectivity index (χ4v) is 1.91. The molecule has 0 spiro atoms. The SMILES string of the molecule is CC(O)C(NC(=O)C(CCC(N)=O)NC(=O)C(N)CCC(N)=O)C(=O)O. The number of nitrogens with two attached hydrogens (primary N) is 3. The summed E-state index contributed by atoms with van der Waals surface area (Å²) in [6.07, 6.45) is -2.07. The quantitative estimate of drug-likeness (QED) is 0.179. The van der Waals surface area contributed by atoms with Crippen LogP contribution < -0.4 is 27.8 Å². The number of amides is 4. The van der Waals surface area contributed by atoms with Crippen LogP contribution in [0, 0.1) is 0 Å². The van der Waals surface area contributed by atoms with Gasteiger partial charge in [-0.15, -0.1) is 0 Å². The number of hydrogen-bond donors (Lipinski definition) is 7. The first kappa shape index (κ1) is 23.3. The molecule has 0 radical (unpaired) electrons. The minimum absolute atomic E-state index is 0.0588. The van der Waals surface area contributed by atoms with E-state index >= 15 is 0 Å². The summed E-state index contributed by atoms with van der Waals surface area (Å²) in [5.41, 5.74) is 15.6. The molecular formula is C14H25N5O7. The molecule has 0 fully saturated rings. The summed E-state index contributed by atoms with van der Waals surface area (Å²) in [4.78, 5) is 56.9. The predicted octanol–water partition coefficient (Wildman–Crippen LogP) is -3.72. The second kappa shape index (κ2) is 11.0. The second-order valence-electron chi connectivity index (χ2n) is 5.74. The van der Waals surface area contributed by atoms with E-state index in [0.29, 0.717) is 0 Å². The third kappa shape index (κ3) is 8.94. The van der Waals surface area contributed by atoms with Crippen LogP contribution >= 0.6 is 0 Å². The zero-order valence-electron chi connectivity index (χ0n) is 14.3. The number of primary amides is 2. The van der Waals surface area contributed by atoms with Crippen molar-refractivity contribution in [2.24, 2.45) is 17.2 Å². The van der Waals surface area contributed by atoms with Gasteiger partial charge in [0.25, 0.3) is 0 Å².